The summed E-state index contributed by atoms with van der Waals surface area (Å²) < 4.78 is 0. The van der Waals surface area contributed by atoms with Crippen molar-refractivity contribution in [1.29, 1.82) is 0 Å². The van der Waals surface area contributed by atoms with Crippen molar-refractivity contribution in [2.24, 2.45) is 17.1 Å². The standard InChI is InChI=1S/C21H37N/c1-8-9-15(2)20(18(5)22)17(4)16(3)14-19-10-12-21(6,7)13-11-19/h19H,5,8-14,22H2,1-4,6-7H3/b17-16+,20-15-. The van der Waals surface area contributed by atoms with Crippen molar-refractivity contribution in [1.82, 2.24) is 0 Å². The van der Waals surface area contributed by atoms with E-state index >= 15 is 0 Å². The molecule has 0 heterocycles. The average molecular weight is 304 g/mol. The summed E-state index contributed by atoms with van der Waals surface area (Å²) in [6.45, 7) is 17.8. The summed E-state index contributed by atoms with van der Waals surface area (Å²) in [5, 5.41) is 0. The molecule has 0 aromatic carbocycles. The van der Waals surface area contributed by atoms with Crippen LogP contribution in [0.25, 0.3) is 0 Å². The Balaban J connectivity index is 2.87. The molecule has 0 spiro atoms. The molecule has 1 heteroatoms. The second-order valence-electron chi connectivity index (χ2n) is 8.15. The molecule has 22 heavy (non-hydrogen) atoms. The Kier molecular flexibility index (Phi) is 6.97. The van der Waals surface area contributed by atoms with Gasteiger partial charge in [0.05, 0.1) is 0 Å². The third-order valence-electron chi connectivity index (χ3n) is 5.44. The number of hydrogen-bond acceptors (Lipinski definition) is 1. The lowest BCUT2D eigenvalue weighted by Gasteiger charge is -2.34. The van der Waals surface area contributed by atoms with Crippen LogP contribution in [-0.4, -0.2) is 0 Å². The molecule has 0 amide bonds. The van der Waals surface area contributed by atoms with Crippen LogP contribution in [0.4, 0.5) is 0 Å². The predicted octanol–water partition coefficient (Wildman–Crippen LogP) is 6.52. The van der Waals surface area contributed by atoms with E-state index in [0.717, 1.165) is 24.5 Å². The maximum Gasteiger partial charge on any atom is 0.0316 e. The lowest BCUT2D eigenvalue weighted by Crippen LogP contribution is -2.21. The van der Waals surface area contributed by atoms with E-state index in [4.69, 9.17) is 5.73 Å². The van der Waals surface area contributed by atoms with Gasteiger partial charge in [0, 0.05) is 5.70 Å². The summed E-state index contributed by atoms with van der Waals surface area (Å²) in [6.07, 6.45) is 8.96. The van der Waals surface area contributed by atoms with Crippen LogP contribution in [0.1, 0.15) is 86.5 Å². The summed E-state index contributed by atoms with van der Waals surface area (Å²) in [5.41, 5.74) is 12.8. The second-order valence-corrected chi connectivity index (χ2v) is 8.15. The van der Waals surface area contributed by atoms with Gasteiger partial charge in [0.15, 0.2) is 0 Å². The molecular formula is C21H37N. The predicted molar refractivity (Wildman–Crippen MR) is 99.7 cm³/mol. The molecule has 0 saturated heterocycles. The lowest BCUT2D eigenvalue weighted by molar-refractivity contribution is 0.190. The van der Waals surface area contributed by atoms with Crippen LogP contribution in [0.5, 0.6) is 0 Å². The average Bonchev–Trinajstić information content (AvgIpc) is 2.41. The van der Waals surface area contributed by atoms with Gasteiger partial charge in [0.25, 0.3) is 0 Å². The molecule has 0 bridgehead atoms. The third kappa shape index (κ3) is 5.34. The highest BCUT2D eigenvalue weighted by molar-refractivity contribution is 5.47. The lowest BCUT2D eigenvalue weighted by atomic mass is 9.71. The molecule has 0 unspecified atom stereocenters. The SMILES string of the molecule is C=C(N)C(=C(/C)CCC)/C(C)=C(\C)CC1CCC(C)(C)CC1. The first-order valence-electron chi connectivity index (χ1n) is 8.99. The van der Waals surface area contributed by atoms with E-state index in [-0.39, 0.29) is 0 Å². The minimum atomic E-state index is 0.553. The summed E-state index contributed by atoms with van der Waals surface area (Å²) in [4.78, 5) is 0. The summed E-state index contributed by atoms with van der Waals surface area (Å²) in [5.74, 6) is 0.849. The zero-order valence-electron chi connectivity index (χ0n) is 15.8. The van der Waals surface area contributed by atoms with Gasteiger partial charge in [-0.3, -0.25) is 0 Å². The third-order valence-corrected chi connectivity index (χ3v) is 5.44. The molecule has 1 fully saturated rings. The zero-order chi connectivity index (χ0) is 16.9. The van der Waals surface area contributed by atoms with Crippen LogP contribution >= 0.6 is 0 Å². The number of hydrogen-bond donors (Lipinski definition) is 1. The Morgan fingerprint density at radius 2 is 1.64 bits per heavy atom. The molecule has 1 saturated carbocycles. The normalized spacial score (nSPS) is 21.2. The van der Waals surface area contributed by atoms with Gasteiger partial charge >= 0.3 is 0 Å². The molecule has 1 nitrogen and oxygen atoms in total. The van der Waals surface area contributed by atoms with Crippen molar-refractivity contribution < 1.29 is 0 Å². The molecule has 2 N–H and O–H groups in total. The minimum Gasteiger partial charge on any atom is -0.399 e. The molecule has 0 atom stereocenters. The van der Waals surface area contributed by atoms with Crippen LogP contribution in [0.2, 0.25) is 0 Å². The molecule has 126 valence electrons. The second kappa shape index (κ2) is 8.04. The Morgan fingerprint density at radius 3 is 2.09 bits per heavy atom. The molecule has 1 rings (SSSR count). The zero-order valence-corrected chi connectivity index (χ0v) is 15.8. The summed E-state index contributed by atoms with van der Waals surface area (Å²) >= 11 is 0. The largest absolute Gasteiger partial charge is 0.399 e. The highest BCUT2D eigenvalue weighted by atomic mass is 14.6. The monoisotopic (exact) mass is 303 g/mol. The van der Waals surface area contributed by atoms with Crippen LogP contribution < -0.4 is 5.73 Å². The highest BCUT2D eigenvalue weighted by Crippen LogP contribution is 2.40. The first kappa shape index (κ1) is 19.1. The van der Waals surface area contributed by atoms with Gasteiger partial charge in [-0.15, -0.1) is 0 Å². The molecule has 1 aliphatic carbocycles. The maximum absolute atomic E-state index is 6.09. The first-order valence-corrected chi connectivity index (χ1v) is 8.99. The molecular weight excluding hydrogens is 266 g/mol. The summed E-state index contributed by atoms with van der Waals surface area (Å²) in [6, 6.07) is 0. The van der Waals surface area contributed by atoms with Crippen molar-refractivity contribution in [3.8, 4) is 0 Å². The fourth-order valence-electron chi connectivity index (χ4n) is 3.80. The molecule has 0 aromatic rings. The van der Waals surface area contributed by atoms with Crippen LogP contribution in [0, 0.1) is 11.3 Å². The van der Waals surface area contributed by atoms with Gasteiger partial charge in [-0.05, 0) is 81.8 Å². The van der Waals surface area contributed by atoms with Gasteiger partial charge in [0.2, 0.25) is 0 Å². The number of nitrogens with two attached hydrogens (primary N) is 1. The number of allylic oxidation sites excluding steroid dienone is 3. The molecule has 0 aliphatic heterocycles. The van der Waals surface area contributed by atoms with Crippen LogP contribution in [0.3, 0.4) is 0 Å². The fraction of sp³-hybridized carbons (Fsp3) is 0.714. The maximum atomic E-state index is 6.09. The van der Waals surface area contributed by atoms with E-state index in [1.165, 1.54) is 54.4 Å². The topological polar surface area (TPSA) is 26.0 Å². The molecule has 1 aliphatic rings. The van der Waals surface area contributed by atoms with E-state index in [1.54, 1.807) is 0 Å². The van der Waals surface area contributed by atoms with Gasteiger partial charge in [0.1, 0.15) is 0 Å². The van der Waals surface area contributed by atoms with Gasteiger partial charge in [-0.2, -0.15) is 0 Å². The van der Waals surface area contributed by atoms with E-state index < -0.39 is 0 Å². The van der Waals surface area contributed by atoms with Crippen molar-refractivity contribution >= 4 is 0 Å². The first-order chi connectivity index (χ1) is 10.2. The Labute approximate surface area is 138 Å². The van der Waals surface area contributed by atoms with Crippen molar-refractivity contribution in [3.63, 3.8) is 0 Å². The summed E-state index contributed by atoms with van der Waals surface area (Å²) in [7, 11) is 0. The van der Waals surface area contributed by atoms with Crippen molar-refractivity contribution in [3.05, 3.63) is 34.6 Å². The van der Waals surface area contributed by atoms with E-state index in [0.29, 0.717) is 5.41 Å². The van der Waals surface area contributed by atoms with E-state index in [2.05, 4.69) is 48.1 Å². The Morgan fingerprint density at radius 1 is 1.09 bits per heavy atom. The van der Waals surface area contributed by atoms with Gasteiger partial charge in [-0.25, -0.2) is 0 Å². The Bertz CT molecular complexity index is 452. The van der Waals surface area contributed by atoms with Gasteiger partial charge < -0.3 is 5.73 Å². The van der Waals surface area contributed by atoms with Crippen molar-refractivity contribution in [2.75, 3.05) is 0 Å². The highest BCUT2D eigenvalue weighted by Gasteiger charge is 2.27. The Hall–Kier alpha value is -0.980. The number of rotatable bonds is 6. The minimum absolute atomic E-state index is 0.553. The molecule has 0 aromatic heterocycles. The van der Waals surface area contributed by atoms with Gasteiger partial charge in [-0.1, -0.05) is 44.9 Å². The van der Waals surface area contributed by atoms with Crippen LogP contribution in [0.15, 0.2) is 34.6 Å². The van der Waals surface area contributed by atoms with Crippen LogP contribution in [-0.2, 0) is 0 Å². The van der Waals surface area contributed by atoms with Crippen molar-refractivity contribution in [2.45, 2.75) is 86.5 Å². The van der Waals surface area contributed by atoms with E-state index in [9.17, 15) is 0 Å². The van der Waals surface area contributed by atoms with E-state index in [1.807, 2.05) is 0 Å². The quantitative estimate of drug-likeness (QED) is 0.555. The molecule has 0 radical (unpaired) electrons. The smallest absolute Gasteiger partial charge is 0.0316 e. The fourth-order valence-corrected chi connectivity index (χ4v) is 3.80.